The van der Waals surface area contributed by atoms with Crippen LogP contribution in [0.4, 0.5) is 5.69 Å². The van der Waals surface area contributed by atoms with Crippen LogP contribution in [0, 0.1) is 6.92 Å². The standard InChI is InChI=1S/C10H16N2S/c1-8-10(4-6-13-8)12-5-2-3-9(11)7-12/h4,6,9H,2-3,5,7,11H2,1H3. The lowest BCUT2D eigenvalue weighted by molar-refractivity contribution is 0.506. The number of nitrogens with two attached hydrogens (primary N) is 1. The Morgan fingerprint density at radius 1 is 1.62 bits per heavy atom. The van der Waals surface area contributed by atoms with E-state index in [0.717, 1.165) is 6.54 Å². The highest BCUT2D eigenvalue weighted by Crippen LogP contribution is 2.27. The van der Waals surface area contributed by atoms with E-state index in [1.165, 1.54) is 30.0 Å². The Bertz CT molecular complexity index is 282. The third-order valence-electron chi connectivity index (χ3n) is 2.63. The molecule has 0 aliphatic carbocycles. The Labute approximate surface area is 83.4 Å². The minimum absolute atomic E-state index is 0.369. The molecule has 2 rings (SSSR count). The van der Waals surface area contributed by atoms with Gasteiger partial charge in [-0.25, -0.2) is 0 Å². The summed E-state index contributed by atoms with van der Waals surface area (Å²) in [6.45, 7) is 4.38. The van der Waals surface area contributed by atoms with Gasteiger partial charge in [0.2, 0.25) is 0 Å². The summed E-state index contributed by atoms with van der Waals surface area (Å²) in [5.74, 6) is 0. The van der Waals surface area contributed by atoms with E-state index in [1.54, 1.807) is 0 Å². The molecule has 1 unspecified atom stereocenters. The maximum absolute atomic E-state index is 5.94. The normalized spacial score (nSPS) is 23.5. The van der Waals surface area contributed by atoms with Crippen LogP contribution in [-0.2, 0) is 0 Å². The maximum Gasteiger partial charge on any atom is 0.0505 e. The molecule has 0 spiro atoms. The molecule has 0 bridgehead atoms. The van der Waals surface area contributed by atoms with Gasteiger partial charge in [-0.1, -0.05) is 0 Å². The molecule has 1 aliphatic rings. The summed E-state index contributed by atoms with van der Waals surface area (Å²) >= 11 is 1.82. The van der Waals surface area contributed by atoms with Gasteiger partial charge in [0, 0.05) is 24.0 Å². The van der Waals surface area contributed by atoms with Crippen LogP contribution in [0.25, 0.3) is 0 Å². The first-order chi connectivity index (χ1) is 6.27. The summed E-state index contributed by atoms with van der Waals surface area (Å²) in [5, 5.41) is 2.16. The van der Waals surface area contributed by atoms with E-state index in [2.05, 4.69) is 23.3 Å². The number of aryl methyl sites for hydroxylation is 1. The molecule has 0 amide bonds. The minimum atomic E-state index is 0.369. The van der Waals surface area contributed by atoms with Crippen LogP contribution in [-0.4, -0.2) is 19.1 Å². The van der Waals surface area contributed by atoms with E-state index in [0.29, 0.717) is 6.04 Å². The van der Waals surface area contributed by atoms with Crippen LogP contribution in [0.15, 0.2) is 11.4 Å². The number of thiophene rings is 1. The Morgan fingerprint density at radius 3 is 3.08 bits per heavy atom. The zero-order valence-corrected chi connectivity index (χ0v) is 8.81. The van der Waals surface area contributed by atoms with E-state index in [-0.39, 0.29) is 0 Å². The number of nitrogens with zero attached hydrogens (tertiary/aromatic N) is 1. The summed E-state index contributed by atoms with van der Waals surface area (Å²) < 4.78 is 0. The number of anilines is 1. The molecule has 2 heterocycles. The summed E-state index contributed by atoms with van der Waals surface area (Å²) in [6, 6.07) is 2.57. The van der Waals surface area contributed by atoms with Gasteiger partial charge in [0.1, 0.15) is 0 Å². The van der Waals surface area contributed by atoms with Crippen molar-refractivity contribution in [3.8, 4) is 0 Å². The third-order valence-corrected chi connectivity index (χ3v) is 3.46. The molecule has 2 nitrogen and oxygen atoms in total. The lowest BCUT2D eigenvalue weighted by Gasteiger charge is -2.32. The number of rotatable bonds is 1. The lowest BCUT2D eigenvalue weighted by atomic mass is 10.1. The Morgan fingerprint density at radius 2 is 2.46 bits per heavy atom. The van der Waals surface area contributed by atoms with Crippen LogP contribution in [0.5, 0.6) is 0 Å². The SMILES string of the molecule is Cc1sccc1N1CCCC(N)C1. The van der Waals surface area contributed by atoms with E-state index in [4.69, 9.17) is 5.73 Å². The summed E-state index contributed by atoms with van der Waals surface area (Å²) in [4.78, 5) is 3.83. The number of piperidine rings is 1. The summed E-state index contributed by atoms with van der Waals surface area (Å²) in [7, 11) is 0. The highest BCUT2D eigenvalue weighted by molar-refractivity contribution is 7.10. The molecule has 1 aromatic rings. The molecule has 1 aliphatic heterocycles. The molecular weight excluding hydrogens is 180 g/mol. The van der Waals surface area contributed by atoms with Crippen LogP contribution in [0.1, 0.15) is 17.7 Å². The first kappa shape index (κ1) is 9.03. The van der Waals surface area contributed by atoms with Crippen LogP contribution in [0.3, 0.4) is 0 Å². The fraction of sp³-hybridized carbons (Fsp3) is 0.600. The van der Waals surface area contributed by atoms with Crippen molar-refractivity contribution in [2.24, 2.45) is 5.73 Å². The van der Waals surface area contributed by atoms with Crippen molar-refractivity contribution in [2.75, 3.05) is 18.0 Å². The molecule has 2 N–H and O–H groups in total. The topological polar surface area (TPSA) is 29.3 Å². The molecule has 1 aromatic heterocycles. The average molecular weight is 196 g/mol. The second-order valence-electron chi connectivity index (χ2n) is 3.71. The number of hydrogen-bond acceptors (Lipinski definition) is 3. The van der Waals surface area contributed by atoms with Gasteiger partial charge in [0.25, 0.3) is 0 Å². The Hall–Kier alpha value is -0.540. The first-order valence-electron chi connectivity index (χ1n) is 4.82. The second-order valence-corrected chi connectivity index (χ2v) is 4.83. The molecule has 72 valence electrons. The molecule has 0 saturated carbocycles. The molecule has 1 saturated heterocycles. The van der Waals surface area contributed by atoms with Gasteiger partial charge in [-0.2, -0.15) is 0 Å². The number of hydrogen-bond donors (Lipinski definition) is 1. The quantitative estimate of drug-likeness (QED) is 0.744. The molecular formula is C10H16N2S. The van der Waals surface area contributed by atoms with Crippen molar-refractivity contribution in [1.29, 1.82) is 0 Å². The van der Waals surface area contributed by atoms with Crippen LogP contribution >= 0.6 is 11.3 Å². The fourth-order valence-electron chi connectivity index (χ4n) is 1.94. The molecule has 13 heavy (non-hydrogen) atoms. The lowest BCUT2D eigenvalue weighted by Crippen LogP contribution is -2.42. The summed E-state index contributed by atoms with van der Waals surface area (Å²) in [6.07, 6.45) is 2.41. The van der Waals surface area contributed by atoms with Gasteiger partial charge in [-0.05, 0) is 31.2 Å². The smallest absolute Gasteiger partial charge is 0.0505 e. The first-order valence-corrected chi connectivity index (χ1v) is 5.70. The zero-order valence-electron chi connectivity index (χ0n) is 7.99. The van der Waals surface area contributed by atoms with Gasteiger partial charge in [0.05, 0.1) is 5.69 Å². The van der Waals surface area contributed by atoms with Gasteiger partial charge in [-0.3, -0.25) is 0 Å². The monoisotopic (exact) mass is 196 g/mol. The van der Waals surface area contributed by atoms with Gasteiger partial charge in [-0.15, -0.1) is 11.3 Å². The highest BCUT2D eigenvalue weighted by Gasteiger charge is 2.18. The molecule has 1 atom stereocenters. The van der Waals surface area contributed by atoms with Crippen molar-refractivity contribution in [3.05, 3.63) is 16.3 Å². The van der Waals surface area contributed by atoms with Gasteiger partial charge < -0.3 is 10.6 Å². The summed E-state index contributed by atoms with van der Waals surface area (Å²) in [5.41, 5.74) is 7.33. The molecule has 3 heteroatoms. The molecule has 1 fully saturated rings. The van der Waals surface area contributed by atoms with Crippen LogP contribution < -0.4 is 10.6 Å². The second kappa shape index (κ2) is 3.68. The van der Waals surface area contributed by atoms with Gasteiger partial charge in [0.15, 0.2) is 0 Å². The van der Waals surface area contributed by atoms with Crippen molar-refractivity contribution < 1.29 is 0 Å². The zero-order chi connectivity index (χ0) is 9.26. The third kappa shape index (κ3) is 1.86. The average Bonchev–Trinajstić information content (AvgIpc) is 2.51. The Kier molecular flexibility index (Phi) is 2.56. The van der Waals surface area contributed by atoms with E-state index in [1.807, 2.05) is 11.3 Å². The highest BCUT2D eigenvalue weighted by atomic mass is 32.1. The van der Waals surface area contributed by atoms with Gasteiger partial charge >= 0.3 is 0 Å². The van der Waals surface area contributed by atoms with E-state index >= 15 is 0 Å². The largest absolute Gasteiger partial charge is 0.369 e. The van der Waals surface area contributed by atoms with Crippen molar-refractivity contribution >= 4 is 17.0 Å². The van der Waals surface area contributed by atoms with Crippen molar-refractivity contribution in [2.45, 2.75) is 25.8 Å². The van der Waals surface area contributed by atoms with Crippen molar-refractivity contribution in [3.63, 3.8) is 0 Å². The fourth-order valence-corrected chi connectivity index (χ4v) is 2.65. The predicted octanol–water partition coefficient (Wildman–Crippen LogP) is 1.98. The predicted molar refractivity (Wildman–Crippen MR) is 58.5 cm³/mol. The minimum Gasteiger partial charge on any atom is -0.369 e. The van der Waals surface area contributed by atoms with E-state index < -0.39 is 0 Å². The van der Waals surface area contributed by atoms with Crippen LogP contribution in [0.2, 0.25) is 0 Å². The Balaban J connectivity index is 2.12. The maximum atomic E-state index is 5.94. The van der Waals surface area contributed by atoms with Crippen molar-refractivity contribution in [1.82, 2.24) is 0 Å². The molecule has 0 aromatic carbocycles. The molecule has 0 radical (unpaired) electrons. The van der Waals surface area contributed by atoms with E-state index in [9.17, 15) is 0 Å².